The highest BCUT2D eigenvalue weighted by Gasteiger charge is 2.27. The van der Waals surface area contributed by atoms with Crippen LogP contribution < -0.4 is 0 Å². The summed E-state index contributed by atoms with van der Waals surface area (Å²) in [4.78, 5) is 11.3. The van der Waals surface area contributed by atoms with E-state index in [4.69, 9.17) is 0 Å². The van der Waals surface area contributed by atoms with Crippen molar-refractivity contribution in [3.8, 4) is 0 Å². The fourth-order valence-electron chi connectivity index (χ4n) is 0.805. The highest BCUT2D eigenvalue weighted by atomic mass is 32.1. The van der Waals surface area contributed by atoms with E-state index in [1.807, 2.05) is 13.8 Å². The van der Waals surface area contributed by atoms with Gasteiger partial charge in [0.25, 0.3) is 0 Å². The predicted molar refractivity (Wildman–Crippen MR) is 52.7 cm³/mol. The van der Waals surface area contributed by atoms with E-state index in [2.05, 4.69) is 22.9 Å². The minimum Gasteiger partial charge on any atom is -0.297 e. The lowest BCUT2D eigenvalue weighted by atomic mass is 10.0. The number of hydrogen-bond acceptors (Lipinski definition) is 4. The highest BCUT2D eigenvalue weighted by molar-refractivity contribution is 7.79. The summed E-state index contributed by atoms with van der Waals surface area (Å²) in [5.74, 6) is 0.594. The lowest BCUT2D eigenvalue weighted by Crippen LogP contribution is -2.34. The quantitative estimate of drug-likeness (QED) is 0.740. The summed E-state index contributed by atoms with van der Waals surface area (Å²) in [5.41, 5.74) is 0.159. The summed E-state index contributed by atoms with van der Waals surface area (Å²) in [7, 11) is 0. The maximum absolute atomic E-state index is 11.3. The Morgan fingerprint density at radius 2 is 2.31 bits per heavy atom. The molecular weight excluding hydrogens is 186 g/mol. The molecule has 1 aromatic heterocycles. The molecule has 0 radical (unpaired) electrons. The monoisotopic (exact) mass is 199 g/mol. The minimum atomic E-state index is -0.617. The van der Waals surface area contributed by atoms with E-state index in [1.54, 1.807) is 17.8 Å². The van der Waals surface area contributed by atoms with E-state index < -0.39 is 5.54 Å². The van der Waals surface area contributed by atoms with Gasteiger partial charge < -0.3 is 0 Å². The Balaban J connectivity index is 3.00. The summed E-state index contributed by atoms with van der Waals surface area (Å²) in [5, 5.41) is 7.74. The van der Waals surface area contributed by atoms with E-state index in [1.165, 1.54) is 0 Å². The van der Waals surface area contributed by atoms with Gasteiger partial charge in [0.2, 0.25) is 0 Å². The van der Waals surface area contributed by atoms with Gasteiger partial charge in [0, 0.05) is 5.75 Å². The maximum Gasteiger partial charge on any atom is 0.156 e. The zero-order valence-electron chi connectivity index (χ0n) is 7.98. The van der Waals surface area contributed by atoms with Crippen LogP contribution in [0.5, 0.6) is 0 Å². The molecule has 0 spiro atoms. The molecule has 0 N–H and O–H groups in total. The van der Waals surface area contributed by atoms with Gasteiger partial charge in [-0.25, -0.2) is 4.68 Å². The molecule has 1 aromatic rings. The molecule has 0 aliphatic heterocycles. The van der Waals surface area contributed by atoms with Gasteiger partial charge in [-0.1, -0.05) is 5.21 Å². The SMILES string of the molecule is CC(=O)C(C)(C)n1cc(CS)nn1. The van der Waals surface area contributed by atoms with Crippen LogP contribution in [-0.2, 0) is 16.1 Å². The van der Waals surface area contributed by atoms with Crippen molar-refractivity contribution in [2.45, 2.75) is 32.1 Å². The number of ketones is 1. The Bertz CT molecular complexity index is 319. The van der Waals surface area contributed by atoms with Gasteiger partial charge in [0.1, 0.15) is 5.54 Å². The second kappa shape index (κ2) is 3.49. The van der Waals surface area contributed by atoms with Crippen LogP contribution in [0.2, 0.25) is 0 Å². The Morgan fingerprint density at radius 1 is 1.69 bits per heavy atom. The van der Waals surface area contributed by atoms with E-state index in [0.717, 1.165) is 5.69 Å². The third-order valence-corrected chi connectivity index (χ3v) is 2.46. The Labute approximate surface area is 82.7 Å². The number of nitrogens with zero attached hydrogens (tertiary/aromatic N) is 3. The Morgan fingerprint density at radius 3 is 2.69 bits per heavy atom. The fourth-order valence-corrected chi connectivity index (χ4v) is 0.950. The van der Waals surface area contributed by atoms with Crippen LogP contribution in [0.25, 0.3) is 0 Å². The van der Waals surface area contributed by atoms with Crippen LogP contribution >= 0.6 is 12.6 Å². The molecule has 0 aliphatic rings. The summed E-state index contributed by atoms with van der Waals surface area (Å²) >= 11 is 4.07. The first-order chi connectivity index (χ1) is 5.98. The molecule has 0 fully saturated rings. The maximum atomic E-state index is 11.3. The van der Waals surface area contributed by atoms with Crippen LogP contribution in [0.1, 0.15) is 26.5 Å². The predicted octanol–water partition coefficient (Wildman–Crippen LogP) is 1.03. The van der Waals surface area contributed by atoms with Gasteiger partial charge in [-0.2, -0.15) is 12.6 Å². The minimum absolute atomic E-state index is 0.0584. The molecule has 0 amide bonds. The normalized spacial score (nSPS) is 11.7. The van der Waals surface area contributed by atoms with Gasteiger partial charge in [0.05, 0.1) is 11.9 Å². The van der Waals surface area contributed by atoms with Crippen LogP contribution in [0.15, 0.2) is 6.20 Å². The zero-order chi connectivity index (χ0) is 10.1. The fraction of sp³-hybridized carbons (Fsp3) is 0.625. The third-order valence-electron chi connectivity index (χ3n) is 2.14. The van der Waals surface area contributed by atoms with Crippen LogP contribution in [0.3, 0.4) is 0 Å². The molecule has 13 heavy (non-hydrogen) atoms. The largest absolute Gasteiger partial charge is 0.297 e. The summed E-state index contributed by atoms with van der Waals surface area (Å²) in [6.07, 6.45) is 1.74. The number of carbonyl (C=O) groups is 1. The number of rotatable bonds is 3. The van der Waals surface area contributed by atoms with Crippen molar-refractivity contribution in [3.05, 3.63) is 11.9 Å². The Hall–Kier alpha value is -0.840. The third kappa shape index (κ3) is 1.91. The topological polar surface area (TPSA) is 47.8 Å². The van der Waals surface area contributed by atoms with Crippen molar-refractivity contribution >= 4 is 18.4 Å². The zero-order valence-corrected chi connectivity index (χ0v) is 8.88. The molecule has 0 unspecified atom stereocenters. The van der Waals surface area contributed by atoms with Crippen LogP contribution in [-0.4, -0.2) is 20.8 Å². The first-order valence-corrected chi connectivity index (χ1v) is 4.65. The standard InChI is InChI=1S/C8H13N3OS/c1-6(12)8(2,3)11-4-7(5-13)9-10-11/h4,13H,5H2,1-3H3. The van der Waals surface area contributed by atoms with E-state index >= 15 is 0 Å². The van der Waals surface area contributed by atoms with E-state index in [-0.39, 0.29) is 5.78 Å². The number of aromatic nitrogens is 3. The van der Waals surface area contributed by atoms with Crippen molar-refractivity contribution < 1.29 is 4.79 Å². The summed E-state index contributed by atoms with van der Waals surface area (Å²) < 4.78 is 1.57. The summed E-state index contributed by atoms with van der Waals surface area (Å²) in [6, 6.07) is 0. The second-order valence-corrected chi connectivity index (χ2v) is 3.74. The number of hydrogen-bond donors (Lipinski definition) is 1. The van der Waals surface area contributed by atoms with Crippen LogP contribution in [0.4, 0.5) is 0 Å². The molecule has 0 saturated heterocycles. The first-order valence-electron chi connectivity index (χ1n) is 4.02. The lowest BCUT2D eigenvalue weighted by Gasteiger charge is -2.20. The molecule has 0 saturated carbocycles. The smallest absolute Gasteiger partial charge is 0.156 e. The first kappa shape index (κ1) is 10.2. The van der Waals surface area contributed by atoms with Gasteiger partial charge in [-0.15, -0.1) is 5.10 Å². The average molecular weight is 199 g/mol. The molecule has 0 aromatic carbocycles. The molecule has 1 heterocycles. The molecular formula is C8H13N3OS. The van der Waals surface area contributed by atoms with E-state index in [9.17, 15) is 4.79 Å². The van der Waals surface area contributed by atoms with Crippen molar-refractivity contribution in [1.29, 1.82) is 0 Å². The average Bonchev–Trinajstić information content (AvgIpc) is 2.51. The van der Waals surface area contributed by atoms with Crippen molar-refractivity contribution in [2.75, 3.05) is 0 Å². The van der Waals surface area contributed by atoms with Crippen LogP contribution in [0, 0.1) is 0 Å². The van der Waals surface area contributed by atoms with Gasteiger partial charge >= 0.3 is 0 Å². The van der Waals surface area contributed by atoms with Gasteiger partial charge in [-0.05, 0) is 20.8 Å². The number of Topliss-reactive ketones (excluding diaryl/α,β-unsaturated/α-hetero) is 1. The van der Waals surface area contributed by atoms with Gasteiger partial charge in [-0.3, -0.25) is 4.79 Å². The molecule has 0 aliphatic carbocycles. The molecule has 0 atom stereocenters. The van der Waals surface area contributed by atoms with Gasteiger partial charge in [0.15, 0.2) is 5.78 Å². The number of carbonyl (C=O) groups excluding carboxylic acids is 1. The lowest BCUT2D eigenvalue weighted by molar-refractivity contribution is -0.124. The molecule has 4 nitrogen and oxygen atoms in total. The molecule has 72 valence electrons. The molecule has 0 bridgehead atoms. The van der Waals surface area contributed by atoms with Crippen molar-refractivity contribution in [1.82, 2.24) is 15.0 Å². The van der Waals surface area contributed by atoms with Crippen molar-refractivity contribution in [2.24, 2.45) is 0 Å². The molecule has 1 rings (SSSR count). The van der Waals surface area contributed by atoms with Crippen molar-refractivity contribution in [3.63, 3.8) is 0 Å². The number of thiol groups is 1. The highest BCUT2D eigenvalue weighted by Crippen LogP contribution is 2.15. The summed E-state index contributed by atoms with van der Waals surface area (Å²) in [6.45, 7) is 5.17. The second-order valence-electron chi connectivity index (χ2n) is 3.43. The molecule has 5 heteroatoms. The Kier molecular flexibility index (Phi) is 2.75. The van der Waals surface area contributed by atoms with E-state index in [0.29, 0.717) is 5.75 Å².